The van der Waals surface area contributed by atoms with Gasteiger partial charge in [-0.25, -0.2) is 0 Å². The summed E-state index contributed by atoms with van der Waals surface area (Å²) < 4.78 is 11.7. The van der Waals surface area contributed by atoms with Crippen molar-refractivity contribution in [2.24, 2.45) is 0 Å². The average molecular weight is 407 g/mol. The van der Waals surface area contributed by atoms with Crippen LogP contribution in [0.4, 0.5) is 0 Å². The minimum atomic E-state index is 0.774. The van der Waals surface area contributed by atoms with Gasteiger partial charge in [0.15, 0.2) is 0 Å². The highest BCUT2D eigenvalue weighted by molar-refractivity contribution is 9.09. The first kappa shape index (κ1) is 20.1. The lowest BCUT2D eigenvalue weighted by atomic mass is 10.1. The molecule has 0 unspecified atom stereocenters. The summed E-state index contributed by atoms with van der Waals surface area (Å²) >= 11 is 3.44. The lowest BCUT2D eigenvalue weighted by Gasteiger charge is -2.09. The Hall–Kier alpha value is -1.22. The Balaban J connectivity index is 1.77. The van der Waals surface area contributed by atoms with Gasteiger partial charge in [-0.15, -0.1) is 0 Å². The van der Waals surface area contributed by atoms with Crippen LogP contribution in [0.25, 0.3) is 10.8 Å². The molecule has 0 amide bonds. The highest BCUT2D eigenvalue weighted by atomic mass is 79.9. The first-order valence-corrected chi connectivity index (χ1v) is 10.8. The van der Waals surface area contributed by atoms with Crippen molar-refractivity contribution in [3.63, 3.8) is 0 Å². The van der Waals surface area contributed by atoms with Gasteiger partial charge in [0.25, 0.3) is 0 Å². The van der Waals surface area contributed by atoms with Crippen molar-refractivity contribution in [2.75, 3.05) is 18.5 Å². The molecule has 2 aromatic rings. The van der Waals surface area contributed by atoms with E-state index >= 15 is 0 Å². The molecule has 0 heterocycles. The Bertz CT molecular complexity index is 612. The molecule has 2 aromatic carbocycles. The third kappa shape index (κ3) is 7.68. The zero-order valence-corrected chi connectivity index (χ0v) is 17.0. The molecule has 0 spiro atoms. The van der Waals surface area contributed by atoms with Crippen LogP contribution in [0.2, 0.25) is 0 Å². The molecular formula is C22H31BrO2. The molecule has 0 aromatic heterocycles. The van der Waals surface area contributed by atoms with Crippen molar-refractivity contribution in [1.82, 2.24) is 0 Å². The van der Waals surface area contributed by atoms with Crippen molar-refractivity contribution in [3.8, 4) is 11.5 Å². The van der Waals surface area contributed by atoms with Gasteiger partial charge in [0, 0.05) is 5.33 Å². The van der Waals surface area contributed by atoms with Gasteiger partial charge in [-0.2, -0.15) is 0 Å². The fraction of sp³-hybridized carbons (Fsp3) is 0.545. The van der Waals surface area contributed by atoms with Crippen molar-refractivity contribution >= 4 is 26.7 Å². The SMILES string of the molecule is CCCCCCCCOc1ccc2cc(OCCCCBr)ccc2c1. The molecule has 0 aliphatic heterocycles. The van der Waals surface area contributed by atoms with Gasteiger partial charge < -0.3 is 9.47 Å². The summed E-state index contributed by atoms with van der Waals surface area (Å²) in [5.41, 5.74) is 0. The molecule has 3 heteroatoms. The molecule has 0 fully saturated rings. The molecular weight excluding hydrogens is 376 g/mol. The van der Waals surface area contributed by atoms with Crippen molar-refractivity contribution in [3.05, 3.63) is 36.4 Å². The predicted octanol–water partition coefficient (Wildman–Crippen LogP) is 7.13. The second kappa shape index (κ2) is 12.2. The molecule has 0 saturated heterocycles. The topological polar surface area (TPSA) is 18.5 Å². The second-order valence-corrected chi connectivity index (χ2v) is 7.32. The van der Waals surface area contributed by atoms with Crippen LogP contribution in [-0.4, -0.2) is 18.5 Å². The predicted molar refractivity (Wildman–Crippen MR) is 111 cm³/mol. The maximum absolute atomic E-state index is 5.91. The van der Waals surface area contributed by atoms with Crippen LogP contribution in [0.3, 0.4) is 0 Å². The van der Waals surface area contributed by atoms with Crippen LogP contribution in [0.15, 0.2) is 36.4 Å². The first-order valence-electron chi connectivity index (χ1n) is 9.69. The number of benzene rings is 2. The van der Waals surface area contributed by atoms with Crippen molar-refractivity contribution in [1.29, 1.82) is 0 Å². The molecule has 0 aliphatic carbocycles. The van der Waals surface area contributed by atoms with E-state index in [1.54, 1.807) is 0 Å². The van der Waals surface area contributed by atoms with Gasteiger partial charge >= 0.3 is 0 Å². The normalized spacial score (nSPS) is 11.0. The fourth-order valence-corrected chi connectivity index (χ4v) is 3.24. The van der Waals surface area contributed by atoms with Crippen LogP contribution < -0.4 is 9.47 Å². The molecule has 2 rings (SSSR count). The Kier molecular flexibility index (Phi) is 9.79. The van der Waals surface area contributed by atoms with Crippen LogP contribution in [0.5, 0.6) is 11.5 Å². The number of ether oxygens (including phenoxy) is 2. The average Bonchev–Trinajstić information content (AvgIpc) is 2.64. The van der Waals surface area contributed by atoms with E-state index in [4.69, 9.17) is 9.47 Å². The van der Waals surface area contributed by atoms with Crippen LogP contribution >= 0.6 is 15.9 Å². The molecule has 25 heavy (non-hydrogen) atoms. The Morgan fingerprint density at radius 3 is 1.76 bits per heavy atom. The van der Waals surface area contributed by atoms with Gasteiger partial charge in [0.2, 0.25) is 0 Å². The summed E-state index contributed by atoms with van der Waals surface area (Å²) in [5.74, 6) is 1.91. The van der Waals surface area contributed by atoms with E-state index in [0.717, 1.165) is 49.3 Å². The van der Waals surface area contributed by atoms with E-state index in [1.165, 1.54) is 42.9 Å². The standard InChI is InChI=1S/C22H31BrO2/c1-2-3-4-5-6-8-15-24-21-12-10-20-18-22(13-11-19(20)17-21)25-16-9-7-14-23/h10-13,17-18H,2-9,14-16H2,1H3. The number of fused-ring (bicyclic) bond motifs is 1. The zero-order valence-electron chi connectivity index (χ0n) is 15.4. The summed E-state index contributed by atoms with van der Waals surface area (Å²) in [6, 6.07) is 12.6. The molecule has 0 saturated carbocycles. The summed E-state index contributed by atoms with van der Waals surface area (Å²) in [6.45, 7) is 3.84. The Morgan fingerprint density at radius 2 is 1.20 bits per heavy atom. The van der Waals surface area contributed by atoms with E-state index in [1.807, 2.05) is 6.07 Å². The van der Waals surface area contributed by atoms with Gasteiger partial charge in [-0.3, -0.25) is 0 Å². The Morgan fingerprint density at radius 1 is 0.680 bits per heavy atom. The zero-order chi connectivity index (χ0) is 17.7. The molecule has 0 N–H and O–H groups in total. The molecule has 0 radical (unpaired) electrons. The van der Waals surface area contributed by atoms with Crippen molar-refractivity contribution in [2.45, 2.75) is 58.3 Å². The minimum absolute atomic E-state index is 0.774. The van der Waals surface area contributed by atoms with Crippen LogP contribution in [0, 0.1) is 0 Å². The second-order valence-electron chi connectivity index (χ2n) is 6.53. The smallest absolute Gasteiger partial charge is 0.119 e. The summed E-state index contributed by atoms with van der Waals surface area (Å²) in [5, 5.41) is 3.44. The highest BCUT2D eigenvalue weighted by Crippen LogP contribution is 2.25. The fourth-order valence-electron chi connectivity index (χ4n) is 2.84. The summed E-state index contributed by atoms with van der Waals surface area (Å²) in [7, 11) is 0. The quantitative estimate of drug-likeness (QED) is 0.260. The monoisotopic (exact) mass is 406 g/mol. The van der Waals surface area contributed by atoms with Crippen LogP contribution in [-0.2, 0) is 0 Å². The molecule has 0 aliphatic rings. The molecule has 0 bridgehead atoms. The summed E-state index contributed by atoms with van der Waals surface area (Å²) in [4.78, 5) is 0. The lowest BCUT2D eigenvalue weighted by Crippen LogP contribution is -1.98. The van der Waals surface area contributed by atoms with Gasteiger partial charge in [0.05, 0.1) is 13.2 Å². The number of alkyl halides is 1. The van der Waals surface area contributed by atoms with Gasteiger partial charge in [-0.05, 0) is 54.3 Å². The number of hydrogen-bond donors (Lipinski definition) is 0. The third-order valence-corrected chi connectivity index (χ3v) is 4.91. The Labute approximate surface area is 161 Å². The first-order chi connectivity index (χ1) is 12.3. The van der Waals surface area contributed by atoms with E-state index in [9.17, 15) is 0 Å². The number of rotatable bonds is 13. The number of unbranched alkanes of at least 4 members (excludes halogenated alkanes) is 6. The number of halogens is 1. The van der Waals surface area contributed by atoms with Crippen LogP contribution in [0.1, 0.15) is 58.3 Å². The largest absolute Gasteiger partial charge is 0.494 e. The van der Waals surface area contributed by atoms with E-state index in [2.05, 4.69) is 53.2 Å². The van der Waals surface area contributed by atoms with E-state index in [-0.39, 0.29) is 0 Å². The van der Waals surface area contributed by atoms with E-state index < -0.39 is 0 Å². The lowest BCUT2D eigenvalue weighted by molar-refractivity contribution is 0.304. The number of hydrogen-bond acceptors (Lipinski definition) is 2. The summed E-state index contributed by atoms with van der Waals surface area (Å²) in [6.07, 6.45) is 9.97. The highest BCUT2D eigenvalue weighted by Gasteiger charge is 2.01. The molecule has 2 nitrogen and oxygen atoms in total. The van der Waals surface area contributed by atoms with E-state index in [0.29, 0.717) is 0 Å². The minimum Gasteiger partial charge on any atom is -0.494 e. The molecule has 138 valence electrons. The maximum atomic E-state index is 5.91. The third-order valence-electron chi connectivity index (χ3n) is 4.35. The van der Waals surface area contributed by atoms with Gasteiger partial charge in [-0.1, -0.05) is 67.1 Å². The maximum Gasteiger partial charge on any atom is 0.119 e. The molecule has 0 atom stereocenters. The van der Waals surface area contributed by atoms with Gasteiger partial charge in [0.1, 0.15) is 11.5 Å². The van der Waals surface area contributed by atoms with Crippen molar-refractivity contribution < 1.29 is 9.47 Å².